The summed E-state index contributed by atoms with van der Waals surface area (Å²) in [4.78, 5) is 0. The number of hydrogen-bond donors (Lipinski definition) is 0. The van der Waals surface area contributed by atoms with Crippen LogP contribution in [0.2, 0.25) is 0 Å². The fraction of sp³-hybridized carbons (Fsp3) is 0.818. The standard InChI is InChI=1S/C11H20/c1-4-6-11-8-5-7-9(2)10(11)3/h11H,4-8H2,1-3H3/t11-/m1/s1. The molecule has 0 aliphatic heterocycles. The van der Waals surface area contributed by atoms with Crippen LogP contribution in [0.4, 0.5) is 0 Å². The number of allylic oxidation sites excluding steroid dienone is 2. The summed E-state index contributed by atoms with van der Waals surface area (Å²) >= 11 is 0. The molecule has 0 aromatic heterocycles. The van der Waals surface area contributed by atoms with Gasteiger partial charge in [-0.3, -0.25) is 0 Å². The highest BCUT2D eigenvalue weighted by atomic mass is 14.2. The molecular formula is C11H20. The molecule has 11 heavy (non-hydrogen) atoms. The zero-order chi connectivity index (χ0) is 8.27. The van der Waals surface area contributed by atoms with E-state index in [4.69, 9.17) is 0 Å². The Kier molecular flexibility index (Phi) is 3.16. The third-order valence-corrected chi connectivity index (χ3v) is 3.03. The number of rotatable bonds is 2. The van der Waals surface area contributed by atoms with Gasteiger partial charge in [-0.15, -0.1) is 0 Å². The van der Waals surface area contributed by atoms with Crippen molar-refractivity contribution in [2.45, 2.75) is 52.9 Å². The van der Waals surface area contributed by atoms with Crippen LogP contribution >= 0.6 is 0 Å². The Morgan fingerprint density at radius 1 is 1.36 bits per heavy atom. The smallest absolute Gasteiger partial charge is 0.0203 e. The van der Waals surface area contributed by atoms with Gasteiger partial charge in [0, 0.05) is 0 Å². The second-order valence-electron chi connectivity index (χ2n) is 3.84. The first-order valence-corrected chi connectivity index (χ1v) is 4.92. The average Bonchev–Trinajstić information content (AvgIpc) is 1.99. The van der Waals surface area contributed by atoms with Crippen molar-refractivity contribution < 1.29 is 0 Å². The van der Waals surface area contributed by atoms with Gasteiger partial charge < -0.3 is 0 Å². The molecule has 0 aromatic rings. The van der Waals surface area contributed by atoms with E-state index in [9.17, 15) is 0 Å². The van der Waals surface area contributed by atoms with Crippen LogP contribution < -0.4 is 0 Å². The minimum atomic E-state index is 0.925. The van der Waals surface area contributed by atoms with Gasteiger partial charge in [0.25, 0.3) is 0 Å². The van der Waals surface area contributed by atoms with E-state index in [1.165, 1.54) is 32.1 Å². The molecular weight excluding hydrogens is 132 g/mol. The molecule has 0 aromatic carbocycles. The molecule has 1 atom stereocenters. The predicted octanol–water partition coefficient (Wildman–Crippen LogP) is 3.92. The molecule has 1 aliphatic rings. The normalized spacial score (nSPS) is 25.9. The molecule has 0 unspecified atom stereocenters. The van der Waals surface area contributed by atoms with Crippen molar-refractivity contribution in [1.29, 1.82) is 0 Å². The average molecular weight is 152 g/mol. The molecule has 1 rings (SSSR count). The first-order chi connectivity index (χ1) is 5.25. The molecule has 1 aliphatic carbocycles. The molecule has 0 radical (unpaired) electrons. The van der Waals surface area contributed by atoms with E-state index < -0.39 is 0 Å². The minimum Gasteiger partial charge on any atom is -0.0741 e. The van der Waals surface area contributed by atoms with Crippen molar-refractivity contribution in [2.75, 3.05) is 0 Å². The van der Waals surface area contributed by atoms with Gasteiger partial charge in [-0.1, -0.05) is 24.5 Å². The number of hydrogen-bond acceptors (Lipinski definition) is 0. The lowest BCUT2D eigenvalue weighted by molar-refractivity contribution is 0.462. The largest absolute Gasteiger partial charge is 0.0741 e. The molecule has 0 fully saturated rings. The second kappa shape index (κ2) is 3.94. The van der Waals surface area contributed by atoms with Crippen molar-refractivity contribution in [1.82, 2.24) is 0 Å². The van der Waals surface area contributed by atoms with Gasteiger partial charge in [0.2, 0.25) is 0 Å². The second-order valence-corrected chi connectivity index (χ2v) is 3.84. The third-order valence-electron chi connectivity index (χ3n) is 3.03. The molecule has 0 heterocycles. The van der Waals surface area contributed by atoms with Crippen LogP contribution in [0.15, 0.2) is 11.1 Å². The molecule has 0 nitrogen and oxygen atoms in total. The molecule has 0 heteroatoms. The Balaban J connectivity index is 2.58. The highest BCUT2D eigenvalue weighted by molar-refractivity contribution is 5.15. The minimum absolute atomic E-state index is 0.925. The first kappa shape index (κ1) is 8.83. The quantitative estimate of drug-likeness (QED) is 0.526. The molecule has 64 valence electrons. The van der Waals surface area contributed by atoms with Gasteiger partial charge in [0.05, 0.1) is 0 Å². The van der Waals surface area contributed by atoms with Gasteiger partial charge >= 0.3 is 0 Å². The van der Waals surface area contributed by atoms with Gasteiger partial charge in [-0.05, 0) is 45.4 Å². The molecule has 0 bridgehead atoms. The van der Waals surface area contributed by atoms with E-state index in [0.717, 1.165) is 5.92 Å². The lowest BCUT2D eigenvalue weighted by atomic mass is 9.82. The van der Waals surface area contributed by atoms with E-state index >= 15 is 0 Å². The highest BCUT2D eigenvalue weighted by Crippen LogP contribution is 2.32. The maximum absolute atomic E-state index is 2.33. The summed E-state index contributed by atoms with van der Waals surface area (Å²) in [5.41, 5.74) is 3.35. The van der Waals surface area contributed by atoms with Crippen molar-refractivity contribution in [3.63, 3.8) is 0 Å². The summed E-state index contributed by atoms with van der Waals surface area (Å²) in [6, 6.07) is 0. The molecule has 0 spiro atoms. The summed E-state index contributed by atoms with van der Waals surface area (Å²) in [6.07, 6.45) is 6.97. The predicted molar refractivity (Wildman–Crippen MR) is 50.6 cm³/mol. The van der Waals surface area contributed by atoms with E-state index in [2.05, 4.69) is 20.8 Å². The van der Waals surface area contributed by atoms with Crippen LogP contribution in [-0.4, -0.2) is 0 Å². The van der Waals surface area contributed by atoms with Gasteiger partial charge in [-0.25, -0.2) is 0 Å². The van der Waals surface area contributed by atoms with E-state index in [-0.39, 0.29) is 0 Å². The van der Waals surface area contributed by atoms with Crippen LogP contribution in [0, 0.1) is 5.92 Å². The maximum Gasteiger partial charge on any atom is -0.0203 e. The summed E-state index contributed by atoms with van der Waals surface area (Å²) in [5.74, 6) is 0.925. The summed E-state index contributed by atoms with van der Waals surface area (Å²) in [6.45, 7) is 6.92. The maximum atomic E-state index is 2.33. The zero-order valence-corrected chi connectivity index (χ0v) is 8.11. The Hall–Kier alpha value is -0.260. The molecule has 0 N–H and O–H groups in total. The topological polar surface area (TPSA) is 0 Å². The van der Waals surface area contributed by atoms with Gasteiger partial charge in [-0.2, -0.15) is 0 Å². The molecule has 0 saturated carbocycles. The lowest BCUT2D eigenvalue weighted by Gasteiger charge is -2.24. The Bertz CT molecular complexity index is 153. The van der Waals surface area contributed by atoms with Crippen LogP contribution in [0.1, 0.15) is 52.9 Å². The first-order valence-electron chi connectivity index (χ1n) is 4.92. The van der Waals surface area contributed by atoms with E-state index in [0.29, 0.717) is 0 Å². The van der Waals surface area contributed by atoms with Crippen LogP contribution in [0.5, 0.6) is 0 Å². The van der Waals surface area contributed by atoms with Crippen molar-refractivity contribution in [3.05, 3.63) is 11.1 Å². The van der Waals surface area contributed by atoms with Crippen molar-refractivity contribution >= 4 is 0 Å². The van der Waals surface area contributed by atoms with Crippen molar-refractivity contribution in [2.24, 2.45) is 5.92 Å². The fourth-order valence-electron chi connectivity index (χ4n) is 2.09. The monoisotopic (exact) mass is 152 g/mol. The SMILES string of the molecule is CCC[C@@H]1CCCC(C)=C1C. The third kappa shape index (κ3) is 2.08. The Labute approximate surface area is 70.7 Å². The summed E-state index contributed by atoms with van der Waals surface area (Å²) in [5, 5.41) is 0. The summed E-state index contributed by atoms with van der Waals surface area (Å²) < 4.78 is 0. The van der Waals surface area contributed by atoms with E-state index in [1.807, 2.05) is 0 Å². The summed E-state index contributed by atoms with van der Waals surface area (Å²) in [7, 11) is 0. The highest BCUT2D eigenvalue weighted by Gasteiger charge is 2.15. The Morgan fingerprint density at radius 2 is 2.09 bits per heavy atom. The zero-order valence-electron chi connectivity index (χ0n) is 8.11. The van der Waals surface area contributed by atoms with E-state index in [1.54, 1.807) is 11.1 Å². The van der Waals surface area contributed by atoms with Gasteiger partial charge in [0.1, 0.15) is 0 Å². The van der Waals surface area contributed by atoms with Gasteiger partial charge in [0.15, 0.2) is 0 Å². The fourth-order valence-corrected chi connectivity index (χ4v) is 2.09. The Morgan fingerprint density at radius 3 is 2.73 bits per heavy atom. The molecule has 0 amide bonds. The van der Waals surface area contributed by atoms with Crippen LogP contribution in [0.25, 0.3) is 0 Å². The molecule has 0 saturated heterocycles. The lowest BCUT2D eigenvalue weighted by Crippen LogP contribution is -2.08. The van der Waals surface area contributed by atoms with Crippen molar-refractivity contribution in [3.8, 4) is 0 Å². The van der Waals surface area contributed by atoms with Crippen LogP contribution in [-0.2, 0) is 0 Å². The van der Waals surface area contributed by atoms with Crippen LogP contribution in [0.3, 0.4) is 0 Å².